The average Bonchev–Trinajstić information content (AvgIpc) is 2.56. The highest BCUT2D eigenvalue weighted by Crippen LogP contribution is 2.53. The van der Waals surface area contributed by atoms with Crippen molar-refractivity contribution in [3.8, 4) is 0 Å². The van der Waals surface area contributed by atoms with E-state index in [1.165, 1.54) is 0 Å². The fraction of sp³-hybridized carbons (Fsp3) is 0.533. The third-order valence-corrected chi connectivity index (χ3v) is 4.41. The molecule has 2 rings (SSSR count). The SMILES string of the molecule is C=CC1(C)CCC(C(=C)C)C2OC(=O)C(=C)C21. The van der Waals surface area contributed by atoms with Crippen molar-refractivity contribution in [2.45, 2.75) is 32.8 Å². The molecule has 0 spiro atoms. The van der Waals surface area contributed by atoms with Gasteiger partial charge in [-0.3, -0.25) is 0 Å². The summed E-state index contributed by atoms with van der Waals surface area (Å²) in [6.07, 6.45) is 3.86. The van der Waals surface area contributed by atoms with Crippen molar-refractivity contribution in [1.29, 1.82) is 0 Å². The van der Waals surface area contributed by atoms with E-state index in [0.29, 0.717) is 5.57 Å². The maximum absolute atomic E-state index is 11.7. The molecule has 17 heavy (non-hydrogen) atoms. The summed E-state index contributed by atoms with van der Waals surface area (Å²) in [6.45, 7) is 16.0. The maximum Gasteiger partial charge on any atom is 0.334 e. The van der Waals surface area contributed by atoms with E-state index in [1.807, 2.05) is 13.0 Å². The number of fused-ring (bicyclic) bond motifs is 1. The van der Waals surface area contributed by atoms with Crippen molar-refractivity contribution < 1.29 is 9.53 Å². The first-order valence-corrected chi connectivity index (χ1v) is 6.09. The number of allylic oxidation sites excluding steroid dienone is 1. The van der Waals surface area contributed by atoms with Gasteiger partial charge in [-0.25, -0.2) is 4.79 Å². The van der Waals surface area contributed by atoms with E-state index < -0.39 is 0 Å². The molecule has 0 N–H and O–H groups in total. The molecular weight excluding hydrogens is 212 g/mol. The molecule has 2 aliphatic rings. The Bertz CT molecular complexity index is 407. The minimum atomic E-state index is -0.249. The van der Waals surface area contributed by atoms with E-state index in [0.717, 1.165) is 18.4 Å². The van der Waals surface area contributed by atoms with Gasteiger partial charge < -0.3 is 4.74 Å². The predicted molar refractivity (Wildman–Crippen MR) is 68.4 cm³/mol. The van der Waals surface area contributed by atoms with Crippen molar-refractivity contribution in [3.05, 3.63) is 37.0 Å². The number of esters is 1. The van der Waals surface area contributed by atoms with Crippen LogP contribution in [0, 0.1) is 17.3 Å². The Morgan fingerprint density at radius 3 is 2.76 bits per heavy atom. The molecule has 0 aromatic rings. The Balaban J connectivity index is 2.41. The first-order chi connectivity index (χ1) is 7.90. The van der Waals surface area contributed by atoms with Gasteiger partial charge >= 0.3 is 5.97 Å². The van der Waals surface area contributed by atoms with Gasteiger partial charge in [0.15, 0.2) is 0 Å². The van der Waals surface area contributed by atoms with Crippen LogP contribution in [-0.4, -0.2) is 12.1 Å². The fourth-order valence-corrected chi connectivity index (χ4v) is 3.22. The number of carbonyl (C=O) groups excluding carboxylic acids is 1. The van der Waals surface area contributed by atoms with E-state index in [4.69, 9.17) is 4.74 Å². The van der Waals surface area contributed by atoms with Gasteiger partial charge in [0.1, 0.15) is 6.10 Å². The van der Waals surface area contributed by atoms with Crippen LogP contribution in [0.25, 0.3) is 0 Å². The maximum atomic E-state index is 11.7. The largest absolute Gasteiger partial charge is 0.458 e. The van der Waals surface area contributed by atoms with Gasteiger partial charge in [0.25, 0.3) is 0 Å². The number of hydrogen-bond acceptors (Lipinski definition) is 2. The van der Waals surface area contributed by atoms with Crippen LogP contribution in [0.4, 0.5) is 0 Å². The van der Waals surface area contributed by atoms with Crippen LogP contribution in [0.15, 0.2) is 37.0 Å². The lowest BCUT2D eigenvalue weighted by Gasteiger charge is -2.43. The second-order valence-electron chi connectivity index (χ2n) is 5.57. The summed E-state index contributed by atoms with van der Waals surface area (Å²) in [6, 6.07) is 0. The number of carbonyl (C=O) groups is 1. The monoisotopic (exact) mass is 232 g/mol. The van der Waals surface area contributed by atoms with Gasteiger partial charge in [-0.1, -0.05) is 31.7 Å². The summed E-state index contributed by atoms with van der Waals surface area (Å²) in [5.74, 6) is 0.0698. The standard InChI is InChI=1S/C15H20O2/c1-6-15(5)8-7-11(9(2)3)13-12(15)10(4)14(16)17-13/h6,11-13H,1-2,4,7-8H2,3,5H3. The molecule has 1 aliphatic carbocycles. The number of hydrogen-bond donors (Lipinski definition) is 0. The molecule has 2 fully saturated rings. The summed E-state index contributed by atoms with van der Waals surface area (Å²) in [5, 5.41) is 0. The summed E-state index contributed by atoms with van der Waals surface area (Å²) >= 11 is 0. The molecule has 0 aromatic heterocycles. The zero-order valence-corrected chi connectivity index (χ0v) is 10.7. The summed E-state index contributed by atoms with van der Waals surface area (Å²) in [4.78, 5) is 11.7. The Hall–Kier alpha value is -1.31. The molecule has 0 amide bonds. The Labute approximate surface area is 103 Å². The van der Waals surface area contributed by atoms with Gasteiger partial charge in [-0.05, 0) is 25.2 Å². The highest BCUT2D eigenvalue weighted by atomic mass is 16.6. The summed E-state index contributed by atoms with van der Waals surface area (Å²) in [5.41, 5.74) is 1.61. The normalized spacial score (nSPS) is 40.7. The lowest BCUT2D eigenvalue weighted by atomic mass is 9.60. The summed E-state index contributed by atoms with van der Waals surface area (Å²) < 4.78 is 5.50. The second-order valence-corrected chi connectivity index (χ2v) is 5.57. The van der Waals surface area contributed by atoms with Crippen LogP contribution in [0.5, 0.6) is 0 Å². The van der Waals surface area contributed by atoms with Crippen LogP contribution in [0.3, 0.4) is 0 Å². The molecule has 0 aromatic carbocycles. The van der Waals surface area contributed by atoms with Crippen LogP contribution >= 0.6 is 0 Å². The Kier molecular flexibility index (Phi) is 2.76. The lowest BCUT2D eigenvalue weighted by molar-refractivity contribution is -0.142. The Morgan fingerprint density at radius 1 is 1.59 bits per heavy atom. The first-order valence-electron chi connectivity index (χ1n) is 6.09. The topological polar surface area (TPSA) is 26.3 Å². The van der Waals surface area contributed by atoms with E-state index in [1.54, 1.807) is 0 Å². The van der Waals surface area contributed by atoms with E-state index in [9.17, 15) is 4.79 Å². The highest BCUT2D eigenvalue weighted by Gasteiger charge is 2.53. The van der Waals surface area contributed by atoms with E-state index >= 15 is 0 Å². The molecule has 1 saturated heterocycles. The van der Waals surface area contributed by atoms with Crippen LogP contribution in [0.1, 0.15) is 26.7 Å². The van der Waals surface area contributed by atoms with Gasteiger partial charge in [0, 0.05) is 17.4 Å². The molecule has 4 atom stereocenters. The molecule has 4 unspecified atom stereocenters. The number of ether oxygens (including phenoxy) is 1. The third-order valence-electron chi connectivity index (χ3n) is 4.41. The molecule has 2 nitrogen and oxygen atoms in total. The molecule has 1 saturated carbocycles. The highest BCUT2D eigenvalue weighted by molar-refractivity contribution is 5.91. The van der Waals surface area contributed by atoms with Gasteiger partial charge in [-0.15, -0.1) is 6.58 Å². The van der Waals surface area contributed by atoms with Crippen molar-refractivity contribution in [2.24, 2.45) is 17.3 Å². The number of rotatable bonds is 2. The summed E-state index contributed by atoms with van der Waals surface area (Å²) in [7, 11) is 0. The van der Waals surface area contributed by atoms with Crippen molar-refractivity contribution in [3.63, 3.8) is 0 Å². The Morgan fingerprint density at radius 2 is 2.24 bits per heavy atom. The third kappa shape index (κ3) is 1.67. The van der Waals surface area contributed by atoms with Gasteiger partial charge in [-0.2, -0.15) is 0 Å². The molecule has 1 heterocycles. The van der Waals surface area contributed by atoms with Crippen LogP contribution in [-0.2, 0) is 9.53 Å². The first kappa shape index (κ1) is 12.2. The predicted octanol–water partition coefficient (Wildman–Crippen LogP) is 3.26. The zero-order valence-electron chi connectivity index (χ0n) is 10.7. The van der Waals surface area contributed by atoms with Crippen LogP contribution in [0.2, 0.25) is 0 Å². The lowest BCUT2D eigenvalue weighted by Crippen LogP contribution is -2.42. The molecule has 2 heteroatoms. The molecule has 0 bridgehead atoms. The zero-order chi connectivity index (χ0) is 12.8. The van der Waals surface area contributed by atoms with E-state index in [-0.39, 0.29) is 29.3 Å². The minimum Gasteiger partial charge on any atom is -0.458 e. The van der Waals surface area contributed by atoms with E-state index in [2.05, 4.69) is 26.7 Å². The quantitative estimate of drug-likeness (QED) is 0.415. The second kappa shape index (κ2) is 3.86. The van der Waals surface area contributed by atoms with Gasteiger partial charge in [0.2, 0.25) is 0 Å². The molecule has 0 radical (unpaired) electrons. The minimum absolute atomic E-state index is 0.0583. The molecular formula is C15H20O2. The molecule has 1 aliphatic heterocycles. The van der Waals surface area contributed by atoms with Gasteiger partial charge in [0.05, 0.1) is 0 Å². The average molecular weight is 232 g/mol. The fourth-order valence-electron chi connectivity index (χ4n) is 3.22. The smallest absolute Gasteiger partial charge is 0.334 e. The van der Waals surface area contributed by atoms with Crippen molar-refractivity contribution in [2.75, 3.05) is 0 Å². The van der Waals surface area contributed by atoms with Crippen molar-refractivity contribution >= 4 is 5.97 Å². The molecule has 92 valence electrons. The van der Waals surface area contributed by atoms with Crippen LogP contribution < -0.4 is 0 Å². The van der Waals surface area contributed by atoms with Crippen molar-refractivity contribution in [1.82, 2.24) is 0 Å².